The van der Waals surface area contributed by atoms with Crippen LogP contribution in [0.15, 0.2) is 24.3 Å². The highest BCUT2D eigenvalue weighted by Gasteiger charge is 2.26. The van der Waals surface area contributed by atoms with Gasteiger partial charge in [0, 0.05) is 34.0 Å². The van der Waals surface area contributed by atoms with Crippen molar-refractivity contribution < 1.29 is 23.8 Å². The van der Waals surface area contributed by atoms with Crippen molar-refractivity contribution in [2.24, 2.45) is 5.73 Å². The number of aryl methyl sites for hydroxylation is 1. The van der Waals surface area contributed by atoms with Crippen molar-refractivity contribution in [2.75, 3.05) is 19.8 Å². The maximum atomic E-state index is 12.8. The topological polar surface area (TPSA) is 101 Å². The second kappa shape index (κ2) is 10.8. The van der Waals surface area contributed by atoms with E-state index in [0.717, 1.165) is 0 Å². The fourth-order valence-electron chi connectivity index (χ4n) is 2.84. The Hall–Kier alpha value is -2.48. The molecule has 1 heterocycles. The van der Waals surface area contributed by atoms with Crippen molar-refractivity contribution in [1.29, 1.82) is 0 Å². The molecule has 28 heavy (non-hydrogen) atoms. The second-order valence-electron chi connectivity index (χ2n) is 5.82. The molecule has 0 fully saturated rings. The quantitative estimate of drug-likeness (QED) is 0.367. The normalized spacial score (nSPS) is 10.6. The monoisotopic (exact) mass is 406 g/mol. The lowest BCUT2D eigenvalue weighted by molar-refractivity contribution is -0.129. The molecule has 0 saturated carbocycles. The van der Waals surface area contributed by atoms with Crippen LogP contribution in [0.3, 0.4) is 0 Å². The van der Waals surface area contributed by atoms with Gasteiger partial charge in [0.2, 0.25) is 0 Å². The van der Waals surface area contributed by atoms with E-state index < -0.39 is 5.97 Å². The largest absolute Gasteiger partial charge is 0.463 e. The lowest BCUT2D eigenvalue weighted by Crippen LogP contribution is -2.17. The molecule has 0 amide bonds. The van der Waals surface area contributed by atoms with Crippen molar-refractivity contribution >= 4 is 24.0 Å². The minimum atomic E-state index is -0.552. The molecular formula is C20H23ClN2O5. The number of nitrogens with two attached hydrogens (primary N) is 1. The van der Waals surface area contributed by atoms with E-state index >= 15 is 0 Å². The highest BCUT2D eigenvalue weighted by molar-refractivity contribution is 6.33. The number of pyridine rings is 1. The highest BCUT2D eigenvalue weighted by Crippen LogP contribution is 2.36. The Kier molecular flexibility index (Phi) is 8.38. The van der Waals surface area contributed by atoms with Crippen LogP contribution in [0.25, 0.3) is 11.1 Å². The van der Waals surface area contributed by atoms with Gasteiger partial charge >= 0.3 is 5.97 Å². The molecule has 2 rings (SSSR count). The van der Waals surface area contributed by atoms with Gasteiger partial charge in [-0.25, -0.2) is 4.79 Å². The van der Waals surface area contributed by atoms with Gasteiger partial charge in [-0.15, -0.1) is 0 Å². The van der Waals surface area contributed by atoms with E-state index in [9.17, 15) is 9.59 Å². The number of ether oxygens (including phenoxy) is 3. The van der Waals surface area contributed by atoms with Crippen LogP contribution in [0.5, 0.6) is 0 Å². The van der Waals surface area contributed by atoms with E-state index in [4.69, 9.17) is 31.5 Å². The zero-order valence-electron chi connectivity index (χ0n) is 15.9. The molecule has 0 spiro atoms. The molecule has 0 aliphatic rings. The predicted octanol–water partition coefficient (Wildman–Crippen LogP) is 3.04. The van der Waals surface area contributed by atoms with E-state index in [1.165, 1.54) is 0 Å². The van der Waals surface area contributed by atoms with Crippen LogP contribution in [0, 0.1) is 6.92 Å². The molecule has 1 aromatic heterocycles. The first kappa shape index (κ1) is 21.8. The van der Waals surface area contributed by atoms with Crippen molar-refractivity contribution in [3.63, 3.8) is 0 Å². The first-order chi connectivity index (χ1) is 13.5. The minimum absolute atomic E-state index is 0.0563. The van der Waals surface area contributed by atoms with Gasteiger partial charge in [0.1, 0.15) is 6.61 Å². The molecule has 0 aliphatic heterocycles. The second-order valence-corrected chi connectivity index (χ2v) is 6.23. The summed E-state index contributed by atoms with van der Waals surface area (Å²) in [4.78, 5) is 28.1. The number of rotatable bonds is 10. The standard InChI is InChI=1S/C20H23ClN2O5/c1-3-28-20(25)19-17(11-26-9-8-22)23-13(2)15(10-27-12-24)18(19)14-6-4-5-7-16(14)21/h4-7,12H,3,8-11,22H2,1-2H3. The molecule has 8 heteroatoms. The SMILES string of the molecule is CCOC(=O)c1c(COCCN)nc(C)c(COC=O)c1-c1ccccc1Cl. The summed E-state index contributed by atoms with van der Waals surface area (Å²) in [5.41, 5.74) is 8.43. The minimum Gasteiger partial charge on any atom is -0.463 e. The maximum absolute atomic E-state index is 12.8. The van der Waals surface area contributed by atoms with Crippen molar-refractivity contribution in [3.05, 3.63) is 51.8 Å². The number of hydrogen-bond acceptors (Lipinski definition) is 7. The summed E-state index contributed by atoms with van der Waals surface area (Å²) in [6.07, 6.45) is 0. The van der Waals surface area contributed by atoms with Gasteiger partial charge in [-0.1, -0.05) is 29.8 Å². The van der Waals surface area contributed by atoms with E-state index in [-0.39, 0.29) is 25.4 Å². The van der Waals surface area contributed by atoms with Crippen LogP contribution in [0.1, 0.15) is 34.2 Å². The molecular weight excluding hydrogens is 384 g/mol. The van der Waals surface area contributed by atoms with E-state index in [1.807, 2.05) is 0 Å². The fraction of sp³-hybridized carbons (Fsp3) is 0.350. The molecule has 1 aromatic carbocycles. The van der Waals surface area contributed by atoms with Gasteiger partial charge in [0.25, 0.3) is 6.47 Å². The molecule has 2 N–H and O–H groups in total. The smallest absolute Gasteiger partial charge is 0.340 e. The van der Waals surface area contributed by atoms with Gasteiger partial charge in [-0.05, 0) is 19.9 Å². The molecule has 150 valence electrons. The Balaban J connectivity index is 2.77. The predicted molar refractivity (Wildman–Crippen MR) is 105 cm³/mol. The third-order valence-electron chi connectivity index (χ3n) is 4.00. The average molecular weight is 407 g/mol. The summed E-state index contributed by atoms with van der Waals surface area (Å²) >= 11 is 6.42. The number of esters is 1. The van der Waals surface area contributed by atoms with E-state index in [0.29, 0.717) is 52.7 Å². The lowest BCUT2D eigenvalue weighted by Gasteiger charge is -2.20. The Morgan fingerprint density at radius 2 is 2.04 bits per heavy atom. The number of nitrogens with zero attached hydrogens (tertiary/aromatic N) is 1. The number of benzene rings is 1. The Labute approximate surface area is 168 Å². The van der Waals surface area contributed by atoms with Crippen LogP contribution in [-0.4, -0.2) is 37.2 Å². The van der Waals surface area contributed by atoms with Crippen LogP contribution < -0.4 is 5.73 Å². The first-order valence-corrected chi connectivity index (χ1v) is 9.20. The van der Waals surface area contributed by atoms with Crippen molar-refractivity contribution in [2.45, 2.75) is 27.1 Å². The Bertz CT molecular complexity index is 842. The number of carbonyl (C=O) groups excluding carboxylic acids is 2. The van der Waals surface area contributed by atoms with Gasteiger partial charge in [0.15, 0.2) is 0 Å². The highest BCUT2D eigenvalue weighted by atomic mass is 35.5. The van der Waals surface area contributed by atoms with E-state index in [2.05, 4.69) is 4.98 Å². The summed E-state index contributed by atoms with van der Waals surface area (Å²) in [6, 6.07) is 7.10. The van der Waals surface area contributed by atoms with E-state index in [1.54, 1.807) is 38.1 Å². The van der Waals surface area contributed by atoms with Crippen molar-refractivity contribution in [3.8, 4) is 11.1 Å². The van der Waals surface area contributed by atoms with Crippen molar-refractivity contribution in [1.82, 2.24) is 4.98 Å². The summed E-state index contributed by atoms with van der Waals surface area (Å²) in [7, 11) is 0. The number of halogens is 1. The Morgan fingerprint density at radius 1 is 1.29 bits per heavy atom. The summed E-state index contributed by atoms with van der Waals surface area (Å²) in [5, 5.41) is 0.444. The van der Waals surface area contributed by atoms with Crippen LogP contribution >= 0.6 is 11.6 Å². The molecule has 0 atom stereocenters. The number of aromatic nitrogens is 1. The molecule has 0 saturated heterocycles. The third kappa shape index (κ3) is 5.07. The van der Waals surface area contributed by atoms with Crippen LogP contribution in [-0.2, 0) is 32.2 Å². The molecule has 0 aliphatic carbocycles. The Morgan fingerprint density at radius 3 is 2.68 bits per heavy atom. The molecule has 0 radical (unpaired) electrons. The molecule has 2 aromatic rings. The lowest BCUT2D eigenvalue weighted by atomic mass is 9.92. The summed E-state index contributed by atoms with van der Waals surface area (Å²) in [5.74, 6) is -0.552. The molecule has 0 bridgehead atoms. The first-order valence-electron chi connectivity index (χ1n) is 8.82. The van der Waals surface area contributed by atoms with Gasteiger partial charge in [-0.3, -0.25) is 9.78 Å². The zero-order chi connectivity index (χ0) is 20.5. The zero-order valence-corrected chi connectivity index (χ0v) is 16.6. The van der Waals surface area contributed by atoms with Gasteiger partial charge < -0.3 is 19.9 Å². The maximum Gasteiger partial charge on any atom is 0.340 e. The van der Waals surface area contributed by atoms with Gasteiger partial charge in [0.05, 0.1) is 31.1 Å². The average Bonchev–Trinajstić information content (AvgIpc) is 2.67. The van der Waals surface area contributed by atoms with Gasteiger partial charge in [-0.2, -0.15) is 0 Å². The fourth-order valence-corrected chi connectivity index (χ4v) is 3.07. The molecule has 7 nitrogen and oxygen atoms in total. The summed E-state index contributed by atoms with van der Waals surface area (Å²) < 4.78 is 15.8. The third-order valence-corrected chi connectivity index (χ3v) is 4.33. The number of carbonyl (C=O) groups is 2. The molecule has 0 unspecified atom stereocenters. The number of hydrogen-bond donors (Lipinski definition) is 1. The van der Waals surface area contributed by atoms with Crippen LogP contribution in [0.4, 0.5) is 0 Å². The summed E-state index contributed by atoms with van der Waals surface area (Å²) in [6.45, 7) is 4.71. The van der Waals surface area contributed by atoms with Crippen LogP contribution in [0.2, 0.25) is 5.02 Å².